The number of amides is 3. The Hall–Kier alpha value is -1.59. The van der Waals surface area contributed by atoms with Crippen LogP contribution >= 0.6 is 0 Å². The third-order valence-electron chi connectivity index (χ3n) is 5.39. The van der Waals surface area contributed by atoms with Crippen LogP contribution in [0.2, 0.25) is 0 Å². The zero-order valence-corrected chi connectivity index (χ0v) is 13.8. The van der Waals surface area contributed by atoms with Crippen LogP contribution in [-0.4, -0.2) is 71.7 Å². The lowest BCUT2D eigenvalue weighted by Crippen LogP contribution is -2.52. The van der Waals surface area contributed by atoms with Crippen LogP contribution < -0.4 is 0 Å². The fourth-order valence-corrected chi connectivity index (χ4v) is 3.61. The van der Waals surface area contributed by atoms with Crippen molar-refractivity contribution in [1.29, 1.82) is 0 Å². The number of carbonyl (C=O) groups is 3. The number of hydrogen-bond donors (Lipinski definition) is 0. The van der Waals surface area contributed by atoms with Gasteiger partial charge in [0.05, 0.1) is 0 Å². The second-order valence-electron chi connectivity index (χ2n) is 6.92. The predicted molar refractivity (Wildman–Crippen MR) is 85.5 cm³/mol. The van der Waals surface area contributed by atoms with Crippen LogP contribution in [0.15, 0.2) is 0 Å². The van der Waals surface area contributed by atoms with E-state index in [4.69, 9.17) is 0 Å². The SMILES string of the molecule is O=C1CCCN1CCCC(=O)N1CCN(C(=O)C2CCC2)CC1. The van der Waals surface area contributed by atoms with E-state index in [2.05, 4.69) is 0 Å². The van der Waals surface area contributed by atoms with Gasteiger partial charge >= 0.3 is 0 Å². The van der Waals surface area contributed by atoms with Crippen molar-refractivity contribution < 1.29 is 14.4 Å². The maximum Gasteiger partial charge on any atom is 0.225 e. The van der Waals surface area contributed by atoms with Gasteiger partial charge in [0.2, 0.25) is 17.7 Å². The molecule has 0 aromatic carbocycles. The molecule has 0 aromatic heterocycles. The van der Waals surface area contributed by atoms with Crippen molar-refractivity contribution in [3.63, 3.8) is 0 Å². The molecule has 0 unspecified atom stereocenters. The number of rotatable bonds is 5. The molecule has 0 atom stereocenters. The van der Waals surface area contributed by atoms with Crippen molar-refractivity contribution in [2.75, 3.05) is 39.3 Å². The van der Waals surface area contributed by atoms with Gasteiger partial charge in [0.25, 0.3) is 0 Å². The van der Waals surface area contributed by atoms with E-state index in [0.717, 1.165) is 32.2 Å². The van der Waals surface area contributed by atoms with Crippen LogP contribution in [0.4, 0.5) is 0 Å². The molecule has 3 amide bonds. The Morgan fingerprint density at radius 1 is 0.957 bits per heavy atom. The number of hydrogen-bond acceptors (Lipinski definition) is 3. The number of likely N-dealkylation sites (tertiary alicyclic amines) is 1. The molecule has 2 saturated heterocycles. The van der Waals surface area contributed by atoms with Gasteiger partial charge in [-0.05, 0) is 25.7 Å². The quantitative estimate of drug-likeness (QED) is 0.754. The topological polar surface area (TPSA) is 60.9 Å². The van der Waals surface area contributed by atoms with Crippen molar-refractivity contribution in [3.8, 4) is 0 Å². The Morgan fingerprint density at radius 2 is 1.65 bits per heavy atom. The number of carbonyl (C=O) groups excluding carboxylic acids is 3. The van der Waals surface area contributed by atoms with Crippen molar-refractivity contribution >= 4 is 17.7 Å². The summed E-state index contributed by atoms with van der Waals surface area (Å²) in [4.78, 5) is 41.6. The molecule has 1 aliphatic carbocycles. The van der Waals surface area contributed by atoms with Crippen molar-refractivity contribution in [1.82, 2.24) is 14.7 Å². The summed E-state index contributed by atoms with van der Waals surface area (Å²) in [6.07, 6.45) is 6.09. The Morgan fingerprint density at radius 3 is 2.22 bits per heavy atom. The fourth-order valence-electron chi connectivity index (χ4n) is 3.61. The Kier molecular flexibility index (Phi) is 5.18. The summed E-state index contributed by atoms with van der Waals surface area (Å²) in [6.45, 7) is 4.19. The Bertz CT molecular complexity index is 468. The van der Waals surface area contributed by atoms with Gasteiger partial charge in [0.1, 0.15) is 0 Å². The maximum atomic E-state index is 12.3. The van der Waals surface area contributed by atoms with E-state index in [1.165, 1.54) is 6.42 Å². The van der Waals surface area contributed by atoms with Crippen LogP contribution in [0.3, 0.4) is 0 Å². The summed E-state index contributed by atoms with van der Waals surface area (Å²) in [7, 11) is 0. The summed E-state index contributed by atoms with van der Waals surface area (Å²) in [5, 5.41) is 0. The second-order valence-corrected chi connectivity index (χ2v) is 6.92. The summed E-state index contributed by atoms with van der Waals surface area (Å²) in [5.41, 5.74) is 0. The zero-order chi connectivity index (χ0) is 16.2. The molecule has 6 nitrogen and oxygen atoms in total. The molecule has 3 fully saturated rings. The van der Waals surface area contributed by atoms with Gasteiger partial charge in [0.15, 0.2) is 0 Å². The van der Waals surface area contributed by atoms with E-state index in [0.29, 0.717) is 45.6 Å². The minimum atomic E-state index is 0.160. The largest absolute Gasteiger partial charge is 0.343 e. The molecule has 0 radical (unpaired) electrons. The normalized spacial score (nSPS) is 22.4. The van der Waals surface area contributed by atoms with Gasteiger partial charge in [-0.1, -0.05) is 6.42 Å². The lowest BCUT2D eigenvalue weighted by Gasteiger charge is -2.38. The van der Waals surface area contributed by atoms with Gasteiger partial charge < -0.3 is 14.7 Å². The minimum absolute atomic E-state index is 0.160. The minimum Gasteiger partial charge on any atom is -0.343 e. The molecule has 128 valence electrons. The first-order valence-corrected chi connectivity index (χ1v) is 8.99. The molecule has 3 rings (SSSR count). The van der Waals surface area contributed by atoms with Crippen LogP contribution in [0.1, 0.15) is 44.9 Å². The monoisotopic (exact) mass is 321 g/mol. The maximum absolute atomic E-state index is 12.3. The summed E-state index contributed by atoms with van der Waals surface area (Å²) < 4.78 is 0. The second kappa shape index (κ2) is 7.32. The molecule has 0 bridgehead atoms. The lowest BCUT2D eigenvalue weighted by atomic mass is 9.84. The van der Waals surface area contributed by atoms with Crippen molar-refractivity contribution in [3.05, 3.63) is 0 Å². The fraction of sp³-hybridized carbons (Fsp3) is 0.824. The molecule has 2 heterocycles. The summed E-state index contributed by atoms with van der Waals surface area (Å²) in [6, 6.07) is 0. The van der Waals surface area contributed by atoms with E-state index in [-0.39, 0.29) is 23.6 Å². The van der Waals surface area contributed by atoms with Crippen LogP contribution in [-0.2, 0) is 14.4 Å². The highest BCUT2D eigenvalue weighted by atomic mass is 16.2. The smallest absolute Gasteiger partial charge is 0.225 e. The van der Waals surface area contributed by atoms with Gasteiger partial charge in [-0.2, -0.15) is 0 Å². The van der Waals surface area contributed by atoms with Crippen molar-refractivity contribution in [2.24, 2.45) is 5.92 Å². The van der Waals surface area contributed by atoms with E-state index in [1.54, 1.807) is 0 Å². The van der Waals surface area contributed by atoms with Crippen LogP contribution in [0.5, 0.6) is 0 Å². The number of piperazine rings is 1. The molecule has 0 N–H and O–H groups in total. The molecule has 1 saturated carbocycles. The standard InChI is InChI=1S/C17H27N3O3/c21-15-6-2-8-18(15)9-3-7-16(22)19-10-12-20(13-11-19)17(23)14-4-1-5-14/h14H,1-13H2. The molecule has 2 aliphatic heterocycles. The van der Waals surface area contributed by atoms with Crippen LogP contribution in [0, 0.1) is 5.92 Å². The van der Waals surface area contributed by atoms with Gasteiger partial charge in [-0.25, -0.2) is 0 Å². The summed E-state index contributed by atoms with van der Waals surface area (Å²) in [5.74, 6) is 0.916. The van der Waals surface area contributed by atoms with E-state index in [1.807, 2.05) is 14.7 Å². The highest BCUT2D eigenvalue weighted by Crippen LogP contribution is 2.28. The highest BCUT2D eigenvalue weighted by molar-refractivity contribution is 5.81. The van der Waals surface area contributed by atoms with Gasteiger partial charge in [0, 0.05) is 58.0 Å². The van der Waals surface area contributed by atoms with E-state index in [9.17, 15) is 14.4 Å². The molecule has 6 heteroatoms. The molecule has 0 aromatic rings. The Balaban J connectivity index is 1.34. The van der Waals surface area contributed by atoms with Gasteiger partial charge in [-0.3, -0.25) is 14.4 Å². The lowest BCUT2D eigenvalue weighted by molar-refractivity contribution is -0.144. The molecular weight excluding hydrogens is 294 g/mol. The number of nitrogens with zero attached hydrogens (tertiary/aromatic N) is 3. The molecule has 3 aliphatic rings. The van der Waals surface area contributed by atoms with Gasteiger partial charge in [-0.15, -0.1) is 0 Å². The first kappa shape index (κ1) is 16.3. The van der Waals surface area contributed by atoms with Crippen molar-refractivity contribution in [2.45, 2.75) is 44.9 Å². The molecule has 23 heavy (non-hydrogen) atoms. The summed E-state index contributed by atoms with van der Waals surface area (Å²) >= 11 is 0. The predicted octanol–water partition coefficient (Wildman–Crippen LogP) is 0.860. The highest BCUT2D eigenvalue weighted by Gasteiger charge is 2.32. The van der Waals surface area contributed by atoms with E-state index >= 15 is 0 Å². The van der Waals surface area contributed by atoms with Crippen LogP contribution in [0.25, 0.3) is 0 Å². The van der Waals surface area contributed by atoms with E-state index < -0.39 is 0 Å². The Labute approximate surface area is 137 Å². The third kappa shape index (κ3) is 3.85. The first-order valence-electron chi connectivity index (χ1n) is 8.99. The molecule has 0 spiro atoms. The molecular formula is C17H27N3O3. The average molecular weight is 321 g/mol. The zero-order valence-electron chi connectivity index (χ0n) is 13.8. The third-order valence-corrected chi connectivity index (χ3v) is 5.39. The average Bonchev–Trinajstić information content (AvgIpc) is 2.91. The first-order chi connectivity index (χ1) is 11.1.